The zero-order chi connectivity index (χ0) is 21.1. The number of ketones is 1. The van der Waals surface area contributed by atoms with Crippen LogP contribution < -0.4 is 19.5 Å². The number of amides is 2. The van der Waals surface area contributed by atoms with Crippen LogP contribution in [0.25, 0.3) is 0 Å². The molecule has 2 heterocycles. The van der Waals surface area contributed by atoms with Crippen LogP contribution in [0.3, 0.4) is 0 Å². The lowest BCUT2D eigenvalue weighted by Gasteiger charge is -2.32. The molecule has 0 aromatic heterocycles. The highest BCUT2D eigenvalue weighted by atomic mass is 16.7. The first-order valence-corrected chi connectivity index (χ1v) is 10.3. The van der Waals surface area contributed by atoms with E-state index in [4.69, 9.17) is 14.2 Å². The van der Waals surface area contributed by atoms with Gasteiger partial charge in [-0.3, -0.25) is 4.79 Å². The van der Waals surface area contributed by atoms with Gasteiger partial charge in [0.15, 0.2) is 17.3 Å². The van der Waals surface area contributed by atoms with E-state index in [0.717, 1.165) is 12.8 Å². The average Bonchev–Trinajstić information content (AvgIpc) is 3.21. The Morgan fingerprint density at radius 2 is 1.97 bits per heavy atom. The van der Waals surface area contributed by atoms with Gasteiger partial charge in [-0.1, -0.05) is 12.1 Å². The predicted octanol–water partition coefficient (Wildman–Crippen LogP) is 4.33. The van der Waals surface area contributed by atoms with Crippen molar-refractivity contribution in [1.82, 2.24) is 4.90 Å². The van der Waals surface area contributed by atoms with Crippen molar-refractivity contribution in [2.24, 2.45) is 5.92 Å². The summed E-state index contributed by atoms with van der Waals surface area (Å²) in [6.45, 7) is 5.10. The summed E-state index contributed by atoms with van der Waals surface area (Å²) in [6.07, 6.45) is 1.59. The van der Waals surface area contributed by atoms with Gasteiger partial charge in [0.1, 0.15) is 5.75 Å². The van der Waals surface area contributed by atoms with E-state index in [-0.39, 0.29) is 30.6 Å². The van der Waals surface area contributed by atoms with Gasteiger partial charge in [-0.2, -0.15) is 0 Å². The quantitative estimate of drug-likeness (QED) is 0.743. The van der Waals surface area contributed by atoms with E-state index in [2.05, 4.69) is 5.32 Å². The number of benzene rings is 2. The van der Waals surface area contributed by atoms with E-state index >= 15 is 0 Å². The molecule has 7 heteroatoms. The van der Waals surface area contributed by atoms with Crippen molar-refractivity contribution < 1.29 is 23.8 Å². The van der Waals surface area contributed by atoms with Gasteiger partial charge in [0.05, 0.1) is 6.10 Å². The summed E-state index contributed by atoms with van der Waals surface area (Å²) >= 11 is 0. The van der Waals surface area contributed by atoms with Crippen molar-refractivity contribution in [2.45, 2.75) is 32.8 Å². The number of fused-ring (bicyclic) bond motifs is 1. The molecular weight excluding hydrogens is 384 g/mol. The third-order valence-electron chi connectivity index (χ3n) is 5.19. The highest BCUT2D eigenvalue weighted by Crippen LogP contribution is 2.34. The second-order valence-corrected chi connectivity index (χ2v) is 7.84. The number of urea groups is 1. The lowest BCUT2D eigenvalue weighted by Crippen LogP contribution is -2.44. The Kier molecular flexibility index (Phi) is 5.79. The molecule has 0 radical (unpaired) electrons. The highest BCUT2D eigenvalue weighted by Gasteiger charge is 2.29. The summed E-state index contributed by atoms with van der Waals surface area (Å²) in [6, 6.07) is 12.3. The maximum Gasteiger partial charge on any atom is 0.321 e. The topological polar surface area (TPSA) is 77.1 Å². The largest absolute Gasteiger partial charge is 0.491 e. The van der Waals surface area contributed by atoms with Gasteiger partial charge in [-0.25, -0.2) is 4.79 Å². The van der Waals surface area contributed by atoms with Gasteiger partial charge in [0, 0.05) is 36.3 Å². The molecule has 7 nitrogen and oxygen atoms in total. The fourth-order valence-corrected chi connectivity index (χ4v) is 3.78. The molecule has 158 valence electrons. The molecule has 0 unspecified atom stereocenters. The fraction of sp³-hybridized carbons (Fsp3) is 0.391. The van der Waals surface area contributed by atoms with Gasteiger partial charge in [0.2, 0.25) is 6.79 Å². The Bertz CT molecular complexity index is 943. The lowest BCUT2D eigenvalue weighted by atomic mass is 9.90. The summed E-state index contributed by atoms with van der Waals surface area (Å²) in [5.41, 5.74) is 1.26. The van der Waals surface area contributed by atoms with Gasteiger partial charge in [0.25, 0.3) is 0 Å². The maximum atomic E-state index is 13.0. The fourth-order valence-electron chi connectivity index (χ4n) is 3.78. The summed E-state index contributed by atoms with van der Waals surface area (Å²) < 4.78 is 16.4. The number of anilines is 1. The Morgan fingerprint density at radius 1 is 1.13 bits per heavy atom. The van der Waals surface area contributed by atoms with Gasteiger partial charge in [-0.05, 0) is 51.0 Å². The standard InChI is InChI=1S/C23H26N2O5/c1-15(2)30-19-7-3-5-16(11-19)22(26)17-6-4-10-25(13-17)23(27)24-18-8-9-20-21(12-18)29-14-28-20/h3,5,7-9,11-12,15,17H,4,6,10,13-14H2,1-2H3,(H,24,27)/t17-/m1/s1. The van der Waals surface area contributed by atoms with Crippen LogP contribution in [0.1, 0.15) is 37.0 Å². The number of carbonyl (C=O) groups excluding carboxylic acids is 2. The number of nitrogens with one attached hydrogen (secondary N) is 1. The van der Waals surface area contributed by atoms with Crippen molar-refractivity contribution in [2.75, 3.05) is 25.2 Å². The molecule has 0 spiro atoms. The average molecular weight is 410 g/mol. The Morgan fingerprint density at radius 3 is 2.80 bits per heavy atom. The first-order chi connectivity index (χ1) is 14.5. The zero-order valence-corrected chi connectivity index (χ0v) is 17.2. The van der Waals surface area contributed by atoms with E-state index in [1.54, 1.807) is 35.2 Å². The van der Waals surface area contributed by atoms with Crippen LogP contribution in [0, 0.1) is 5.92 Å². The number of nitrogens with zero attached hydrogens (tertiary/aromatic N) is 1. The molecule has 0 bridgehead atoms. The van der Waals surface area contributed by atoms with Crippen LogP contribution in [0.5, 0.6) is 17.2 Å². The van der Waals surface area contributed by atoms with E-state index in [1.807, 2.05) is 26.0 Å². The number of hydrogen-bond acceptors (Lipinski definition) is 5. The van der Waals surface area contributed by atoms with Crippen LogP contribution >= 0.6 is 0 Å². The van der Waals surface area contributed by atoms with Crippen LogP contribution in [0.15, 0.2) is 42.5 Å². The molecule has 0 saturated carbocycles. The number of ether oxygens (including phenoxy) is 3. The summed E-state index contributed by atoms with van der Waals surface area (Å²) in [5.74, 6) is 1.78. The monoisotopic (exact) mass is 410 g/mol. The first kappa shape index (κ1) is 20.1. The number of rotatable bonds is 5. The Hall–Kier alpha value is -3.22. The molecule has 2 aliphatic heterocycles. The van der Waals surface area contributed by atoms with Crippen LogP contribution in [-0.2, 0) is 0 Å². The normalized spacial score (nSPS) is 17.7. The number of likely N-dealkylation sites (tertiary alicyclic amines) is 1. The number of Topliss-reactive ketones (excluding diaryl/α,β-unsaturated/α-hetero) is 1. The van der Waals surface area contributed by atoms with Crippen LogP contribution in [-0.4, -0.2) is 42.7 Å². The lowest BCUT2D eigenvalue weighted by molar-refractivity contribution is 0.0850. The van der Waals surface area contributed by atoms with E-state index in [1.165, 1.54) is 0 Å². The van der Waals surface area contributed by atoms with Crippen LogP contribution in [0.4, 0.5) is 10.5 Å². The van der Waals surface area contributed by atoms with E-state index < -0.39 is 0 Å². The Labute approximate surface area is 175 Å². The second-order valence-electron chi connectivity index (χ2n) is 7.84. The number of hydrogen-bond donors (Lipinski definition) is 1. The molecule has 30 heavy (non-hydrogen) atoms. The minimum absolute atomic E-state index is 0.0420. The molecule has 0 aliphatic carbocycles. The van der Waals surface area contributed by atoms with Crippen LogP contribution in [0.2, 0.25) is 0 Å². The molecule has 1 N–H and O–H groups in total. The minimum atomic E-state index is -0.226. The summed E-state index contributed by atoms with van der Waals surface area (Å²) in [4.78, 5) is 27.5. The highest BCUT2D eigenvalue weighted by molar-refractivity contribution is 5.99. The van der Waals surface area contributed by atoms with E-state index in [0.29, 0.717) is 41.6 Å². The van der Waals surface area contributed by atoms with Crippen molar-refractivity contribution >= 4 is 17.5 Å². The molecule has 2 aliphatic rings. The third-order valence-corrected chi connectivity index (χ3v) is 5.19. The SMILES string of the molecule is CC(C)Oc1cccc(C(=O)[C@@H]2CCCN(C(=O)Nc3ccc4c(c3)OCO4)C2)c1. The van der Waals surface area contributed by atoms with Crippen molar-refractivity contribution in [3.05, 3.63) is 48.0 Å². The predicted molar refractivity (Wildman–Crippen MR) is 112 cm³/mol. The smallest absolute Gasteiger partial charge is 0.321 e. The van der Waals surface area contributed by atoms with Gasteiger partial charge in [-0.15, -0.1) is 0 Å². The maximum absolute atomic E-state index is 13.0. The van der Waals surface area contributed by atoms with E-state index in [9.17, 15) is 9.59 Å². The Balaban J connectivity index is 1.40. The molecule has 1 fully saturated rings. The molecule has 2 amide bonds. The molecule has 1 atom stereocenters. The molecule has 4 rings (SSSR count). The van der Waals surface area contributed by atoms with Crippen molar-refractivity contribution in [1.29, 1.82) is 0 Å². The number of piperidine rings is 1. The van der Waals surface area contributed by atoms with Gasteiger partial charge < -0.3 is 24.4 Å². The molecule has 1 saturated heterocycles. The zero-order valence-electron chi connectivity index (χ0n) is 17.2. The molecular formula is C23H26N2O5. The van der Waals surface area contributed by atoms with Crippen molar-refractivity contribution in [3.63, 3.8) is 0 Å². The number of carbonyl (C=O) groups is 2. The molecule has 2 aromatic carbocycles. The summed E-state index contributed by atoms with van der Waals surface area (Å²) in [5, 5.41) is 2.89. The second kappa shape index (κ2) is 8.65. The minimum Gasteiger partial charge on any atom is -0.491 e. The first-order valence-electron chi connectivity index (χ1n) is 10.3. The molecule has 2 aromatic rings. The third kappa shape index (κ3) is 4.50. The van der Waals surface area contributed by atoms with Crippen molar-refractivity contribution in [3.8, 4) is 17.2 Å². The van der Waals surface area contributed by atoms with Gasteiger partial charge >= 0.3 is 6.03 Å². The summed E-state index contributed by atoms with van der Waals surface area (Å²) in [7, 11) is 0.